The highest BCUT2D eigenvalue weighted by Crippen LogP contribution is 2.36. The quantitative estimate of drug-likeness (QED) is 0.896. The molecule has 114 valence electrons. The summed E-state index contributed by atoms with van der Waals surface area (Å²) in [4.78, 5) is 13.9. The first-order valence-corrected chi connectivity index (χ1v) is 8.38. The fourth-order valence-electron chi connectivity index (χ4n) is 3.05. The van der Waals surface area contributed by atoms with E-state index in [9.17, 15) is 10.1 Å². The van der Waals surface area contributed by atoms with Crippen molar-refractivity contribution in [1.29, 1.82) is 5.26 Å². The first-order valence-electron chi connectivity index (χ1n) is 7.56. The molecule has 1 fully saturated rings. The molecule has 0 spiro atoms. The predicted octanol–water partition coefficient (Wildman–Crippen LogP) is 3.35. The molecule has 1 aromatic heterocycles. The van der Waals surface area contributed by atoms with E-state index in [1.165, 1.54) is 11.3 Å². The zero-order valence-corrected chi connectivity index (χ0v) is 13.8. The largest absolute Gasteiger partial charge is 0.316 e. The first-order chi connectivity index (χ1) is 10.0. The zero-order valence-electron chi connectivity index (χ0n) is 13.0. The van der Waals surface area contributed by atoms with Crippen LogP contribution in [-0.4, -0.2) is 19.0 Å². The minimum absolute atomic E-state index is 0.0642. The summed E-state index contributed by atoms with van der Waals surface area (Å²) in [5.74, 6) is 0.0642. The van der Waals surface area contributed by atoms with Crippen molar-refractivity contribution in [2.45, 2.75) is 46.5 Å². The number of rotatable bonds is 4. The van der Waals surface area contributed by atoms with E-state index in [-0.39, 0.29) is 11.3 Å². The summed E-state index contributed by atoms with van der Waals surface area (Å²) in [6.07, 6.45) is 3.83. The van der Waals surface area contributed by atoms with Crippen LogP contribution in [0.5, 0.6) is 0 Å². The molecular weight excluding hydrogens is 282 g/mol. The van der Waals surface area contributed by atoms with Gasteiger partial charge in [-0.3, -0.25) is 4.79 Å². The van der Waals surface area contributed by atoms with Crippen LogP contribution in [0.1, 0.15) is 48.6 Å². The summed E-state index contributed by atoms with van der Waals surface area (Å²) in [5, 5.41) is 16.4. The van der Waals surface area contributed by atoms with E-state index < -0.39 is 0 Å². The van der Waals surface area contributed by atoms with Gasteiger partial charge in [-0.25, -0.2) is 0 Å². The number of hydrogen-bond acceptors (Lipinski definition) is 4. The Morgan fingerprint density at radius 3 is 2.86 bits per heavy atom. The van der Waals surface area contributed by atoms with Crippen molar-refractivity contribution >= 4 is 22.2 Å². The van der Waals surface area contributed by atoms with Gasteiger partial charge in [-0.2, -0.15) is 5.26 Å². The van der Waals surface area contributed by atoms with Crippen LogP contribution in [0.4, 0.5) is 5.00 Å². The number of aryl methyl sites for hydroxylation is 1. The summed E-state index contributed by atoms with van der Waals surface area (Å²) in [6.45, 7) is 7.76. The van der Waals surface area contributed by atoms with Crippen molar-refractivity contribution in [3.05, 3.63) is 16.0 Å². The molecule has 1 unspecified atom stereocenters. The average molecular weight is 305 g/mol. The Labute approximate surface area is 130 Å². The van der Waals surface area contributed by atoms with Gasteiger partial charge in [-0.15, -0.1) is 11.3 Å². The number of hydrogen-bond donors (Lipinski definition) is 2. The van der Waals surface area contributed by atoms with E-state index in [0.717, 1.165) is 49.2 Å². The van der Waals surface area contributed by atoms with Crippen molar-refractivity contribution in [2.75, 3.05) is 18.4 Å². The molecule has 21 heavy (non-hydrogen) atoms. The van der Waals surface area contributed by atoms with Gasteiger partial charge in [0, 0.05) is 11.4 Å². The summed E-state index contributed by atoms with van der Waals surface area (Å²) < 4.78 is 0. The van der Waals surface area contributed by atoms with Crippen LogP contribution in [0.2, 0.25) is 0 Å². The average Bonchev–Trinajstić information content (AvgIpc) is 2.74. The van der Waals surface area contributed by atoms with E-state index in [2.05, 4.69) is 23.6 Å². The highest BCUT2D eigenvalue weighted by Gasteiger charge is 2.39. The second-order valence-corrected chi connectivity index (χ2v) is 7.09. The number of amides is 1. The Hall–Kier alpha value is -1.38. The maximum atomic E-state index is 12.8. The standard InChI is InChI=1S/C16H23N3OS/c1-4-6-16(7-5-8-18-10-16)15(20)19-14-13(9-17)11(2)12(3)21-14/h18H,4-8,10H2,1-3H3,(H,19,20). The van der Waals surface area contributed by atoms with Crippen molar-refractivity contribution < 1.29 is 4.79 Å². The lowest BCUT2D eigenvalue weighted by atomic mass is 9.76. The van der Waals surface area contributed by atoms with Crippen LogP contribution < -0.4 is 10.6 Å². The summed E-state index contributed by atoms with van der Waals surface area (Å²) in [7, 11) is 0. The smallest absolute Gasteiger partial charge is 0.232 e. The second kappa shape index (κ2) is 6.59. The van der Waals surface area contributed by atoms with E-state index in [0.29, 0.717) is 10.6 Å². The molecule has 4 nitrogen and oxygen atoms in total. The fraction of sp³-hybridized carbons (Fsp3) is 0.625. The molecule has 1 aliphatic rings. The second-order valence-electron chi connectivity index (χ2n) is 5.86. The third-order valence-electron chi connectivity index (χ3n) is 4.41. The molecule has 1 aromatic rings. The molecule has 0 aromatic carbocycles. The molecule has 0 radical (unpaired) electrons. The number of nitriles is 1. The fourth-order valence-corrected chi connectivity index (χ4v) is 4.06. The number of carbonyl (C=O) groups is 1. The third kappa shape index (κ3) is 3.12. The van der Waals surface area contributed by atoms with Crippen molar-refractivity contribution in [3.8, 4) is 6.07 Å². The third-order valence-corrected chi connectivity index (χ3v) is 5.53. The Bertz CT molecular complexity index is 559. The lowest BCUT2D eigenvalue weighted by Gasteiger charge is -2.36. The monoisotopic (exact) mass is 305 g/mol. The normalized spacial score (nSPS) is 21.8. The van der Waals surface area contributed by atoms with Crippen molar-refractivity contribution in [1.82, 2.24) is 5.32 Å². The van der Waals surface area contributed by atoms with Crippen LogP contribution >= 0.6 is 11.3 Å². The molecule has 2 heterocycles. The minimum Gasteiger partial charge on any atom is -0.316 e. The van der Waals surface area contributed by atoms with Crippen LogP contribution in [0, 0.1) is 30.6 Å². The van der Waals surface area contributed by atoms with Gasteiger partial charge >= 0.3 is 0 Å². The van der Waals surface area contributed by atoms with Crippen molar-refractivity contribution in [3.63, 3.8) is 0 Å². The molecule has 0 aliphatic carbocycles. The Morgan fingerprint density at radius 2 is 2.29 bits per heavy atom. The maximum absolute atomic E-state index is 12.8. The number of piperidine rings is 1. The molecule has 5 heteroatoms. The summed E-state index contributed by atoms with van der Waals surface area (Å²) in [5.41, 5.74) is 1.26. The van der Waals surface area contributed by atoms with Crippen LogP contribution in [0.25, 0.3) is 0 Å². The molecule has 1 saturated heterocycles. The highest BCUT2D eigenvalue weighted by atomic mass is 32.1. The lowest BCUT2D eigenvalue weighted by molar-refractivity contribution is -0.127. The number of nitrogens with one attached hydrogen (secondary N) is 2. The zero-order chi connectivity index (χ0) is 15.5. The molecule has 2 rings (SSSR count). The van der Waals surface area contributed by atoms with E-state index in [1.807, 2.05) is 13.8 Å². The van der Waals surface area contributed by atoms with Gasteiger partial charge in [-0.05, 0) is 45.2 Å². The predicted molar refractivity (Wildman–Crippen MR) is 86.6 cm³/mol. The van der Waals surface area contributed by atoms with Gasteiger partial charge in [0.05, 0.1) is 11.0 Å². The molecular formula is C16H23N3OS. The van der Waals surface area contributed by atoms with E-state index >= 15 is 0 Å². The van der Waals surface area contributed by atoms with Gasteiger partial charge in [0.2, 0.25) is 5.91 Å². The molecule has 2 N–H and O–H groups in total. The maximum Gasteiger partial charge on any atom is 0.232 e. The molecule has 0 bridgehead atoms. The molecule has 0 saturated carbocycles. The topological polar surface area (TPSA) is 64.9 Å². The van der Waals surface area contributed by atoms with Crippen LogP contribution in [-0.2, 0) is 4.79 Å². The van der Waals surface area contributed by atoms with Crippen molar-refractivity contribution in [2.24, 2.45) is 5.41 Å². The van der Waals surface area contributed by atoms with Gasteiger partial charge in [0.1, 0.15) is 11.1 Å². The summed E-state index contributed by atoms with van der Waals surface area (Å²) in [6, 6.07) is 2.22. The Kier molecular flexibility index (Phi) is 5.02. The SMILES string of the molecule is CCCC1(C(=O)Nc2sc(C)c(C)c2C#N)CCCNC1. The van der Waals surface area contributed by atoms with E-state index in [4.69, 9.17) is 0 Å². The number of nitrogens with zero attached hydrogens (tertiary/aromatic N) is 1. The first kappa shape index (κ1) is 16.0. The number of carbonyl (C=O) groups excluding carboxylic acids is 1. The van der Waals surface area contributed by atoms with Crippen LogP contribution in [0.3, 0.4) is 0 Å². The summed E-state index contributed by atoms with van der Waals surface area (Å²) >= 11 is 1.50. The Morgan fingerprint density at radius 1 is 1.52 bits per heavy atom. The molecule has 1 amide bonds. The van der Waals surface area contributed by atoms with Crippen LogP contribution in [0.15, 0.2) is 0 Å². The van der Waals surface area contributed by atoms with Gasteiger partial charge in [0.25, 0.3) is 0 Å². The lowest BCUT2D eigenvalue weighted by Crippen LogP contribution is -2.48. The van der Waals surface area contributed by atoms with Gasteiger partial charge < -0.3 is 10.6 Å². The van der Waals surface area contributed by atoms with E-state index in [1.54, 1.807) is 0 Å². The Balaban J connectivity index is 2.23. The highest BCUT2D eigenvalue weighted by molar-refractivity contribution is 7.16. The minimum atomic E-state index is -0.328. The molecule has 1 aliphatic heterocycles. The van der Waals surface area contributed by atoms with Gasteiger partial charge in [-0.1, -0.05) is 13.3 Å². The van der Waals surface area contributed by atoms with Gasteiger partial charge in [0.15, 0.2) is 0 Å². The number of thiophene rings is 1. The number of anilines is 1. The molecule has 1 atom stereocenters.